The van der Waals surface area contributed by atoms with Crippen LogP contribution in [0.3, 0.4) is 0 Å². The van der Waals surface area contributed by atoms with Crippen molar-refractivity contribution in [3.8, 4) is 5.75 Å². The summed E-state index contributed by atoms with van der Waals surface area (Å²) in [7, 11) is 1.78. The van der Waals surface area contributed by atoms with E-state index in [0.29, 0.717) is 23.9 Å². The number of aromatic nitrogens is 1. The molecule has 0 unspecified atom stereocenters. The molecule has 0 atom stereocenters. The first-order chi connectivity index (χ1) is 11.6. The molecule has 3 rings (SSSR count). The van der Waals surface area contributed by atoms with E-state index in [4.69, 9.17) is 16.3 Å². The van der Waals surface area contributed by atoms with Crippen molar-refractivity contribution in [2.24, 2.45) is 0 Å². The van der Waals surface area contributed by atoms with Crippen molar-refractivity contribution in [1.29, 1.82) is 0 Å². The number of carbonyl (C=O) groups excluding carboxylic acids is 1. The van der Waals surface area contributed by atoms with E-state index < -0.39 is 0 Å². The Bertz CT molecular complexity index is 873. The van der Waals surface area contributed by atoms with Gasteiger partial charge in [0, 0.05) is 28.7 Å². The fraction of sp³-hybridized carbons (Fsp3) is 0.211. The minimum Gasteiger partial charge on any atom is -0.492 e. The average molecular weight is 343 g/mol. The van der Waals surface area contributed by atoms with Crippen molar-refractivity contribution in [1.82, 2.24) is 9.88 Å². The Morgan fingerprint density at radius 2 is 2.00 bits per heavy atom. The molecule has 4 nitrogen and oxygen atoms in total. The van der Waals surface area contributed by atoms with Crippen molar-refractivity contribution in [2.75, 3.05) is 20.2 Å². The largest absolute Gasteiger partial charge is 0.492 e. The zero-order chi connectivity index (χ0) is 17.1. The number of rotatable bonds is 5. The van der Waals surface area contributed by atoms with Crippen molar-refractivity contribution in [2.45, 2.75) is 6.92 Å². The summed E-state index contributed by atoms with van der Waals surface area (Å²) in [5.41, 5.74) is 2.57. The Kier molecular flexibility index (Phi) is 4.76. The zero-order valence-electron chi connectivity index (χ0n) is 13.7. The molecule has 1 heterocycles. The van der Waals surface area contributed by atoms with E-state index in [2.05, 4.69) is 4.98 Å². The van der Waals surface area contributed by atoms with Crippen LogP contribution < -0.4 is 4.74 Å². The molecule has 2 aromatic carbocycles. The highest BCUT2D eigenvalue weighted by molar-refractivity contribution is 6.30. The monoisotopic (exact) mass is 342 g/mol. The van der Waals surface area contributed by atoms with Crippen molar-refractivity contribution < 1.29 is 9.53 Å². The van der Waals surface area contributed by atoms with E-state index in [-0.39, 0.29) is 5.91 Å². The molecule has 0 aliphatic heterocycles. The highest BCUT2D eigenvalue weighted by Gasteiger charge is 2.19. The Labute approximate surface area is 146 Å². The molecule has 0 bridgehead atoms. The van der Waals surface area contributed by atoms with Crippen LogP contribution in [0.2, 0.25) is 5.02 Å². The van der Waals surface area contributed by atoms with Crippen molar-refractivity contribution in [3.05, 3.63) is 64.8 Å². The molecule has 1 aromatic heterocycles. The third kappa shape index (κ3) is 3.39. The lowest BCUT2D eigenvalue weighted by Gasteiger charge is -2.18. The van der Waals surface area contributed by atoms with Gasteiger partial charge in [0.05, 0.1) is 12.1 Å². The SMILES string of the molecule is Cc1[nH]c2ccccc2c1C(=O)N(C)CCOc1cccc(Cl)c1. The number of likely N-dealkylation sites (N-methyl/N-ethyl adjacent to an activating group) is 1. The summed E-state index contributed by atoms with van der Waals surface area (Å²) in [6.45, 7) is 2.82. The van der Waals surface area contributed by atoms with Gasteiger partial charge in [0.25, 0.3) is 5.91 Å². The van der Waals surface area contributed by atoms with E-state index in [1.54, 1.807) is 24.1 Å². The molecular formula is C19H19ClN2O2. The van der Waals surface area contributed by atoms with Gasteiger partial charge in [0.15, 0.2) is 0 Å². The molecule has 1 amide bonds. The maximum Gasteiger partial charge on any atom is 0.256 e. The standard InChI is InChI=1S/C19H19ClN2O2/c1-13-18(16-8-3-4-9-17(16)21-13)19(23)22(2)10-11-24-15-7-5-6-14(20)12-15/h3-9,12,21H,10-11H2,1-2H3. The number of H-pyrrole nitrogens is 1. The van der Waals surface area contributed by atoms with Gasteiger partial charge in [-0.15, -0.1) is 0 Å². The Balaban J connectivity index is 1.67. The maximum atomic E-state index is 12.8. The lowest BCUT2D eigenvalue weighted by atomic mass is 10.1. The van der Waals surface area contributed by atoms with Gasteiger partial charge < -0.3 is 14.6 Å². The van der Waals surface area contributed by atoms with E-state index in [9.17, 15) is 4.79 Å². The van der Waals surface area contributed by atoms with Gasteiger partial charge in [-0.3, -0.25) is 4.79 Å². The third-order valence-electron chi connectivity index (χ3n) is 3.95. The normalized spacial score (nSPS) is 10.8. The number of hydrogen-bond donors (Lipinski definition) is 1. The fourth-order valence-corrected chi connectivity index (χ4v) is 2.88. The van der Waals surface area contributed by atoms with Gasteiger partial charge in [-0.1, -0.05) is 35.9 Å². The van der Waals surface area contributed by atoms with Crippen molar-refractivity contribution >= 4 is 28.4 Å². The van der Waals surface area contributed by atoms with Crippen LogP contribution in [0.5, 0.6) is 5.75 Å². The number of aromatic amines is 1. The Morgan fingerprint density at radius 3 is 2.79 bits per heavy atom. The van der Waals surface area contributed by atoms with Crippen LogP contribution in [0, 0.1) is 6.92 Å². The van der Waals surface area contributed by atoms with Crippen LogP contribution in [-0.4, -0.2) is 36.0 Å². The molecule has 24 heavy (non-hydrogen) atoms. The Morgan fingerprint density at radius 1 is 1.21 bits per heavy atom. The molecule has 0 saturated heterocycles. The topological polar surface area (TPSA) is 45.3 Å². The lowest BCUT2D eigenvalue weighted by Crippen LogP contribution is -2.31. The summed E-state index contributed by atoms with van der Waals surface area (Å²) in [5, 5.41) is 1.58. The molecule has 0 spiro atoms. The van der Waals surface area contributed by atoms with Crippen LogP contribution >= 0.6 is 11.6 Å². The minimum absolute atomic E-state index is 0.0142. The number of amides is 1. The zero-order valence-corrected chi connectivity index (χ0v) is 14.4. The predicted molar refractivity (Wildman–Crippen MR) is 96.9 cm³/mol. The molecule has 3 aromatic rings. The van der Waals surface area contributed by atoms with Crippen LogP contribution in [0.4, 0.5) is 0 Å². The van der Waals surface area contributed by atoms with Crippen LogP contribution in [0.1, 0.15) is 16.1 Å². The molecular weight excluding hydrogens is 324 g/mol. The van der Waals surface area contributed by atoms with Crippen LogP contribution in [-0.2, 0) is 0 Å². The fourth-order valence-electron chi connectivity index (χ4n) is 2.70. The number of nitrogens with one attached hydrogen (secondary N) is 1. The second kappa shape index (κ2) is 6.97. The third-order valence-corrected chi connectivity index (χ3v) is 4.18. The first kappa shape index (κ1) is 16.4. The van der Waals surface area contributed by atoms with Crippen LogP contribution in [0.15, 0.2) is 48.5 Å². The summed E-state index contributed by atoms with van der Waals surface area (Å²) in [6, 6.07) is 15.1. The maximum absolute atomic E-state index is 12.8. The van der Waals surface area contributed by atoms with E-state index in [0.717, 1.165) is 22.2 Å². The highest BCUT2D eigenvalue weighted by Crippen LogP contribution is 2.23. The summed E-state index contributed by atoms with van der Waals surface area (Å²) in [4.78, 5) is 17.7. The predicted octanol–water partition coefficient (Wildman–Crippen LogP) is 4.28. The van der Waals surface area contributed by atoms with E-state index in [1.165, 1.54) is 0 Å². The molecule has 5 heteroatoms. The summed E-state index contributed by atoms with van der Waals surface area (Å²) >= 11 is 5.93. The van der Waals surface area contributed by atoms with Crippen LogP contribution in [0.25, 0.3) is 10.9 Å². The molecule has 0 fully saturated rings. The number of nitrogens with zero attached hydrogens (tertiary/aromatic N) is 1. The quantitative estimate of drug-likeness (QED) is 0.752. The van der Waals surface area contributed by atoms with Gasteiger partial charge in [0.1, 0.15) is 12.4 Å². The van der Waals surface area contributed by atoms with Gasteiger partial charge in [0.2, 0.25) is 0 Å². The first-order valence-electron chi connectivity index (χ1n) is 7.77. The number of carbonyl (C=O) groups is 1. The smallest absolute Gasteiger partial charge is 0.256 e. The molecule has 0 aliphatic rings. The minimum atomic E-state index is -0.0142. The number of para-hydroxylation sites is 1. The van der Waals surface area contributed by atoms with Gasteiger partial charge in [-0.05, 0) is 31.2 Å². The number of aryl methyl sites for hydroxylation is 1. The summed E-state index contributed by atoms with van der Waals surface area (Å²) < 4.78 is 5.66. The number of ether oxygens (including phenoxy) is 1. The van der Waals surface area contributed by atoms with Gasteiger partial charge in [-0.2, -0.15) is 0 Å². The lowest BCUT2D eigenvalue weighted by molar-refractivity contribution is 0.0775. The highest BCUT2D eigenvalue weighted by atomic mass is 35.5. The first-order valence-corrected chi connectivity index (χ1v) is 8.15. The molecule has 0 saturated carbocycles. The number of halogens is 1. The second-order valence-corrected chi connectivity index (χ2v) is 6.14. The number of benzene rings is 2. The molecule has 1 N–H and O–H groups in total. The average Bonchev–Trinajstić information content (AvgIpc) is 2.90. The summed E-state index contributed by atoms with van der Waals surface area (Å²) in [6.07, 6.45) is 0. The molecule has 0 aliphatic carbocycles. The van der Waals surface area contributed by atoms with E-state index >= 15 is 0 Å². The summed E-state index contributed by atoms with van der Waals surface area (Å²) in [5.74, 6) is 0.686. The van der Waals surface area contributed by atoms with Crippen molar-refractivity contribution in [3.63, 3.8) is 0 Å². The Hall–Kier alpha value is -2.46. The van der Waals surface area contributed by atoms with Gasteiger partial charge >= 0.3 is 0 Å². The number of hydrogen-bond acceptors (Lipinski definition) is 2. The number of fused-ring (bicyclic) bond motifs is 1. The van der Waals surface area contributed by atoms with E-state index in [1.807, 2.05) is 43.3 Å². The molecule has 0 radical (unpaired) electrons. The van der Waals surface area contributed by atoms with Gasteiger partial charge in [-0.25, -0.2) is 0 Å². The second-order valence-electron chi connectivity index (χ2n) is 5.70. The molecule has 124 valence electrons.